The molecule has 0 radical (unpaired) electrons. The van der Waals surface area contributed by atoms with Crippen LogP contribution in [0.15, 0.2) is 24.3 Å². The minimum Gasteiger partial charge on any atom is -0.480 e. The van der Waals surface area contributed by atoms with Gasteiger partial charge in [0.05, 0.1) is 11.6 Å². The van der Waals surface area contributed by atoms with Crippen molar-refractivity contribution < 1.29 is 9.90 Å². The van der Waals surface area contributed by atoms with Crippen molar-refractivity contribution in [2.75, 3.05) is 6.54 Å². The smallest absolute Gasteiger partial charge is 0.320 e. The molecule has 1 N–H and O–H groups in total. The van der Waals surface area contributed by atoms with Gasteiger partial charge in [0.2, 0.25) is 0 Å². The number of benzene rings is 1. The van der Waals surface area contributed by atoms with Gasteiger partial charge in [-0.25, -0.2) is 0 Å². The normalized spacial score (nSPS) is 20.3. The van der Waals surface area contributed by atoms with Crippen molar-refractivity contribution in [3.05, 3.63) is 35.4 Å². The van der Waals surface area contributed by atoms with Crippen LogP contribution in [0.5, 0.6) is 0 Å². The van der Waals surface area contributed by atoms with E-state index in [-0.39, 0.29) is 0 Å². The number of rotatable bonds is 3. The van der Waals surface area contributed by atoms with E-state index in [1.165, 1.54) is 0 Å². The predicted molar refractivity (Wildman–Crippen MR) is 66.8 cm³/mol. The van der Waals surface area contributed by atoms with Gasteiger partial charge in [-0.2, -0.15) is 5.26 Å². The number of piperidine rings is 1. The van der Waals surface area contributed by atoms with Crippen molar-refractivity contribution in [3.8, 4) is 6.07 Å². The highest BCUT2D eigenvalue weighted by atomic mass is 16.4. The summed E-state index contributed by atoms with van der Waals surface area (Å²) in [6.07, 6.45) is 2.69. The maximum Gasteiger partial charge on any atom is 0.320 e. The van der Waals surface area contributed by atoms with Crippen LogP contribution in [-0.2, 0) is 11.3 Å². The van der Waals surface area contributed by atoms with Crippen LogP contribution in [0.2, 0.25) is 0 Å². The molecular formula is C14H16N2O2. The van der Waals surface area contributed by atoms with Crippen LogP contribution in [0.25, 0.3) is 0 Å². The van der Waals surface area contributed by atoms with Crippen LogP contribution < -0.4 is 0 Å². The highest BCUT2D eigenvalue weighted by Gasteiger charge is 2.28. The first kappa shape index (κ1) is 12.6. The topological polar surface area (TPSA) is 64.3 Å². The number of carboxylic acid groups (broad SMARTS) is 1. The molecule has 1 aliphatic rings. The Kier molecular flexibility index (Phi) is 3.96. The summed E-state index contributed by atoms with van der Waals surface area (Å²) in [4.78, 5) is 13.2. The van der Waals surface area contributed by atoms with E-state index in [0.29, 0.717) is 18.5 Å². The van der Waals surface area contributed by atoms with Crippen LogP contribution >= 0.6 is 0 Å². The largest absolute Gasteiger partial charge is 0.480 e. The zero-order chi connectivity index (χ0) is 13.0. The summed E-state index contributed by atoms with van der Waals surface area (Å²) in [5, 5.41) is 18.2. The maximum atomic E-state index is 11.2. The molecule has 0 spiro atoms. The van der Waals surface area contributed by atoms with Crippen LogP contribution in [0.4, 0.5) is 0 Å². The summed E-state index contributed by atoms with van der Waals surface area (Å²) in [6, 6.07) is 9.12. The minimum absolute atomic E-state index is 0.412. The van der Waals surface area contributed by atoms with E-state index in [9.17, 15) is 9.90 Å². The fourth-order valence-electron chi connectivity index (χ4n) is 2.45. The van der Waals surface area contributed by atoms with Gasteiger partial charge in [0.15, 0.2) is 0 Å². The Morgan fingerprint density at radius 2 is 2.22 bits per heavy atom. The molecule has 1 aromatic rings. The van der Waals surface area contributed by atoms with Crippen molar-refractivity contribution in [1.82, 2.24) is 4.90 Å². The average Bonchev–Trinajstić information content (AvgIpc) is 2.40. The van der Waals surface area contributed by atoms with Crippen molar-refractivity contribution >= 4 is 5.97 Å². The minimum atomic E-state index is -0.760. The van der Waals surface area contributed by atoms with Gasteiger partial charge in [-0.05, 0) is 31.0 Å². The lowest BCUT2D eigenvalue weighted by atomic mass is 10.00. The molecule has 0 amide bonds. The van der Waals surface area contributed by atoms with Gasteiger partial charge in [-0.1, -0.05) is 24.6 Å². The molecule has 4 heteroatoms. The molecule has 1 atom stereocenters. The average molecular weight is 244 g/mol. The second-order valence-electron chi connectivity index (χ2n) is 4.59. The molecule has 18 heavy (non-hydrogen) atoms. The fraction of sp³-hybridized carbons (Fsp3) is 0.429. The van der Waals surface area contributed by atoms with Crippen LogP contribution in [0.3, 0.4) is 0 Å². The van der Waals surface area contributed by atoms with E-state index in [0.717, 1.165) is 24.9 Å². The SMILES string of the molecule is N#Cc1ccccc1CN1CCCC[C@H]1C(=O)O. The lowest BCUT2D eigenvalue weighted by molar-refractivity contribution is -0.144. The number of nitrogens with zero attached hydrogens (tertiary/aromatic N) is 2. The number of carbonyl (C=O) groups is 1. The highest BCUT2D eigenvalue weighted by molar-refractivity contribution is 5.73. The van der Waals surface area contributed by atoms with Gasteiger partial charge in [0.1, 0.15) is 6.04 Å². The second kappa shape index (κ2) is 5.65. The third-order valence-electron chi connectivity index (χ3n) is 3.41. The van der Waals surface area contributed by atoms with Crippen LogP contribution in [0, 0.1) is 11.3 Å². The van der Waals surface area contributed by atoms with Gasteiger partial charge >= 0.3 is 5.97 Å². The van der Waals surface area contributed by atoms with Crippen molar-refractivity contribution in [3.63, 3.8) is 0 Å². The third-order valence-corrected chi connectivity index (χ3v) is 3.41. The van der Waals surface area contributed by atoms with Crippen molar-refractivity contribution in [2.45, 2.75) is 31.8 Å². The lowest BCUT2D eigenvalue weighted by Gasteiger charge is -2.33. The molecule has 0 unspecified atom stereocenters. The Labute approximate surface area is 106 Å². The van der Waals surface area contributed by atoms with E-state index in [1.807, 2.05) is 23.1 Å². The molecule has 4 nitrogen and oxygen atoms in total. The number of likely N-dealkylation sites (tertiary alicyclic amines) is 1. The van der Waals surface area contributed by atoms with Gasteiger partial charge in [-0.15, -0.1) is 0 Å². The molecule has 0 aromatic heterocycles. The maximum absolute atomic E-state index is 11.2. The van der Waals surface area contributed by atoms with Gasteiger partial charge in [0, 0.05) is 6.54 Å². The first-order chi connectivity index (χ1) is 8.72. The summed E-state index contributed by atoms with van der Waals surface area (Å²) < 4.78 is 0. The second-order valence-corrected chi connectivity index (χ2v) is 4.59. The Morgan fingerprint density at radius 1 is 1.44 bits per heavy atom. The van der Waals surface area contributed by atoms with Crippen molar-refractivity contribution in [2.24, 2.45) is 0 Å². The van der Waals surface area contributed by atoms with Gasteiger partial charge in [0.25, 0.3) is 0 Å². The number of nitriles is 1. The van der Waals surface area contributed by atoms with E-state index in [4.69, 9.17) is 5.26 Å². The summed E-state index contributed by atoms with van der Waals surface area (Å²) in [5.41, 5.74) is 1.54. The van der Waals surface area contributed by atoms with E-state index >= 15 is 0 Å². The van der Waals surface area contributed by atoms with Gasteiger partial charge < -0.3 is 5.11 Å². The van der Waals surface area contributed by atoms with E-state index < -0.39 is 12.0 Å². The molecule has 1 saturated heterocycles. The molecular weight excluding hydrogens is 228 g/mol. The summed E-state index contributed by atoms with van der Waals surface area (Å²) in [5.74, 6) is -0.760. The predicted octanol–water partition coefficient (Wildman–Crippen LogP) is 2.00. The van der Waals surface area contributed by atoms with Gasteiger partial charge in [-0.3, -0.25) is 9.69 Å². The highest BCUT2D eigenvalue weighted by Crippen LogP contribution is 2.21. The fourth-order valence-corrected chi connectivity index (χ4v) is 2.45. The third kappa shape index (κ3) is 2.69. The first-order valence-corrected chi connectivity index (χ1v) is 6.17. The molecule has 0 saturated carbocycles. The molecule has 0 aliphatic carbocycles. The standard InChI is InChI=1S/C14H16N2O2/c15-9-11-5-1-2-6-12(11)10-16-8-4-3-7-13(16)14(17)18/h1-2,5-6,13H,3-4,7-8,10H2,(H,17,18)/t13-/m0/s1. The summed E-state index contributed by atoms with van der Waals surface area (Å²) in [7, 11) is 0. The monoisotopic (exact) mass is 244 g/mol. The zero-order valence-corrected chi connectivity index (χ0v) is 10.2. The van der Waals surface area contributed by atoms with Crippen molar-refractivity contribution in [1.29, 1.82) is 5.26 Å². The Morgan fingerprint density at radius 3 is 2.94 bits per heavy atom. The Balaban J connectivity index is 2.16. The van der Waals surface area contributed by atoms with Crippen LogP contribution in [-0.4, -0.2) is 28.6 Å². The number of hydrogen-bond donors (Lipinski definition) is 1. The van der Waals surface area contributed by atoms with E-state index in [2.05, 4.69) is 6.07 Å². The summed E-state index contributed by atoms with van der Waals surface area (Å²) >= 11 is 0. The summed E-state index contributed by atoms with van der Waals surface area (Å²) in [6.45, 7) is 1.33. The number of hydrogen-bond acceptors (Lipinski definition) is 3. The molecule has 1 aromatic carbocycles. The zero-order valence-electron chi connectivity index (χ0n) is 10.2. The number of aliphatic carboxylic acids is 1. The molecule has 0 bridgehead atoms. The molecule has 1 heterocycles. The number of carboxylic acids is 1. The first-order valence-electron chi connectivity index (χ1n) is 6.17. The lowest BCUT2D eigenvalue weighted by Crippen LogP contribution is -2.44. The molecule has 1 aliphatic heterocycles. The van der Waals surface area contributed by atoms with E-state index in [1.54, 1.807) is 6.07 Å². The Bertz CT molecular complexity index is 479. The molecule has 2 rings (SSSR count). The molecule has 94 valence electrons. The molecule has 1 fully saturated rings. The van der Waals surface area contributed by atoms with Crippen LogP contribution in [0.1, 0.15) is 30.4 Å². The Hall–Kier alpha value is -1.86. The quantitative estimate of drug-likeness (QED) is 0.883.